The molecule has 1 rings (SSSR count). The van der Waals surface area contributed by atoms with Gasteiger partial charge < -0.3 is 4.43 Å². The van der Waals surface area contributed by atoms with Gasteiger partial charge in [-0.1, -0.05) is 62.5 Å². The summed E-state index contributed by atoms with van der Waals surface area (Å²) in [7, 11) is -1.71. The maximum absolute atomic E-state index is 6.70. The lowest BCUT2D eigenvalue weighted by Crippen LogP contribution is -2.46. The number of rotatable bonds is 5. The van der Waals surface area contributed by atoms with Gasteiger partial charge in [-0.2, -0.15) is 0 Å². The first kappa shape index (κ1) is 17.4. The van der Waals surface area contributed by atoms with Gasteiger partial charge in [0.25, 0.3) is 0 Å². The Morgan fingerprint density at radius 1 is 1.26 bits per heavy atom. The van der Waals surface area contributed by atoms with E-state index in [9.17, 15) is 0 Å². The second-order valence-electron chi connectivity index (χ2n) is 7.49. The molecule has 0 aromatic heterocycles. The van der Waals surface area contributed by atoms with Gasteiger partial charge in [-0.3, -0.25) is 0 Å². The molecule has 0 radical (unpaired) electrons. The van der Waals surface area contributed by atoms with Crippen molar-refractivity contribution in [2.45, 2.75) is 77.1 Å². The van der Waals surface area contributed by atoms with Crippen LogP contribution in [0.1, 0.15) is 52.9 Å². The van der Waals surface area contributed by atoms with E-state index in [1.165, 1.54) is 37.7 Å². The molecule has 1 nitrogen and oxygen atoms in total. The smallest absolute Gasteiger partial charge is 0.192 e. The van der Waals surface area contributed by atoms with E-state index in [1.807, 2.05) is 0 Å². The molecule has 112 valence electrons. The van der Waals surface area contributed by atoms with Crippen LogP contribution in [0, 0.1) is 5.92 Å². The normalized spacial score (nSPS) is 20.3. The summed E-state index contributed by atoms with van der Waals surface area (Å²) in [6.45, 7) is 15.9. The molecule has 1 fully saturated rings. The highest BCUT2D eigenvalue weighted by atomic mass is 79.9. The Balaban J connectivity index is 2.83. The molecular formula is C16H31BrOSi. The van der Waals surface area contributed by atoms with Gasteiger partial charge in [-0.25, -0.2) is 0 Å². The number of halogens is 1. The van der Waals surface area contributed by atoms with Gasteiger partial charge in [0.15, 0.2) is 8.32 Å². The van der Waals surface area contributed by atoms with Crippen LogP contribution in [0.15, 0.2) is 12.2 Å². The van der Waals surface area contributed by atoms with Crippen molar-refractivity contribution < 1.29 is 4.43 Å². The standard InChI is InChI=1S/C16H31BrOSi/c1-13(12-17)15(14-10-8-7-9-11-14)18-19(5,6)16(2,3)4/h14-15H,1,7-12H2,2-6H3. The van der Waals surface area contributed by atoms with Crippen molar-refractivity contribution in [2.75, 3.05) is 5.33 Å². The molecule has 0 aromatic rings. The summed E-state index contributed by atoms with van der Waals surface area (Å²) in [5, 5.41) is 1.13. The SMILES string of the molecule is C=C(CBr)C(O[Si](C)(C)C(C)(C)C)C1CCCCC1. The molecule has 0 saturated heterocycles. The van der Waals surface area contributed by atoms with E-state index in [1.54, 1.807) is 0 Å². The summed E-state index contributed by atoms with van der Waals surface area (Å²) >= 11 is 3.58. The molecule has 19 heavy (non-hydrogen) atoms. The van der Waals surface area contributed by atoms with Gasteiger partial charge >= 0.3 is 0 Å². The predicted molar refractivity (Wildman–Crippen MR) is 91.6 cm³/mol. The summed E-state index contributed by atoms with van der Waals surface area (Å²) < 4.78 is 6.70. The van der Waals surface area contributed by atoms with Crippen LogP contribution >= 0.6 is 15.9 Å². The highest BCUT2D eigenvalue weighted by molar-refractivity contribution is 9.09. The van der Waals surface area contributed by atoms with Crippen molar-refractivity contribution in [2.24, 2.45) is 5.92 Å². The average Bonchev–Trinajstić information content (AvgIpc) is 2.35. The van der Waals surface area contributed by atoms with Gasteiger partial charge in [-0.05, 0) is 42.5 Å². The minimum absolute atomic E-state index is 0.264. The van der Waals surface area contributed by atoms with E-state index in [-0.39, 0.29) is 11.1 Å². The Kier molecular flexibility index (Phi) is 6.34. The first-order valence-electron chi connectivity index (χ1n) is 7.60. The van der Waals surface area contributed by atoms with Crippen LogP contribution in [0.5, 0.6) is 0 Å². The highest BCUT2D eigenvalue weighted by Crippen LogP contribution is 2.41. The molecular weight excluding hydrogens is 316 g/mol. The van der Waals surface area contributed by atoms with Gasteiger partial charge in [-0.15, -0.1) is 0 Å². The third-order valence-corrected chi connectivity index (χ3v) is 10.1. The molecule has 0 bridgehead atoms. The first-order valence-corrected chi connectivity index (χ1v) is 11.6. The Morgan fingerprint density at radius 3 is 2.21 bits per heavy atom. The van der Waals surface area contributed by atoms with Gasteiger partial charge in [0, 0.05) is 5.33 Å². The predicted octanol–water partition coefficient (Wildman–Crippen LogP) is 5.91. The molecule has 0 aliphatic heterocycles. The maximum Gasteiger partial charge on any atom is 0.192 e. The van der Waals surface area contributed by atoms with Crippen LogP contribution < -0.4 is 0 Å². The van der Waals surface area contributed by atoms with E-state index in [0.29, 0.717) is 5.92 Å². The summed E-state index contributed by atoms with van der Waals surface area (Å²) in [6, 6.07) is 0. The molecule has 0 heterocycles. The fraction of sp³-hybridized carbons (Fsp3) is 0.875. The Bertz CT molecular complexity index is 300. The second-order valence-corrected chi connectivity index (χ2v) is 12.8. The maximum atomic E-state index is 6.70. The molecule has 0 aromatic carbocycles. The van der Waals surface area contributed by atoms with Crippen LogP contribution in [-0.2, 0) is 4.43 Å². The van der Waals surface area contributed by atoms with E-state index in [2.05, 4.69) is 56.4 Å². The molecule has 1 atom stereocenters. The Labute approximate surface area is 129 Å². The molecule has 3 heteroatoms. The lowest BCUT2D eigenvalue weighted by Gasteiger charge is -2.42. The van der Waals surface area contributed by atoms with Crippen molar-refractivity contribution in [1.82, 2.24) is 0 Å². The Hall–Kier alpha value is 0.397. The van der Waals surface area contributed by atoms with Crippen LogP contribution in [0.3, 0.4) is 0 Å². The van der Waals surface area contributed by atoms with E-state index < -0.39 is 8.32 Å². The third kappa shape index (κ3) is 4.71. The fourth-order valence-electron chi connectivity index (χ4n) is 2.52. The number of hydrogen-bond donors (Lipinski definition) is 0. The summed E-state index contributed by atoms with van der Waals surface area (Å²) in [5.41, 5.74) is 1.23. The average molecular weight is 347 g/mol. The zero-order chi connectivity index (χ0) is 14.7. The number of hydrogen-bond acceptors (Lipinski definition) is 1. The number of alkyl halides is 1. The van der Waals surface area contributed by atoms with Crippen LogP contribution in [0.25, 0.3) is 0 Å². The van der Waals surface area contributed by atoms with Crippen molar-refractivity contribution in [1.29, 1.82) is 0 Å². The van der Waals surface area contributed by atoms with Gasteiger partial charge in [0.1, 0.15) is 0 Å². The van der Waals surface area contributed by atoms with Crippen LogP contribution in [-0.4, -0.2) is 19.8 Å². The van der Waals surface area contributed by atoms with Crippen LogP contribution in [0.2, 0.25) is 18.1 Å². The van der Waals surface area contributed by atoms with Crippen molar-refractivity contribution >= 4 is 24.2 Å². The van der Waals surface area contributed by atoms with Crippen molar-refractivity contribution in [3.63, 3.8) is 0 Å². The summed E-state index contributed by atoms with van der Waals surface area (Å²) in [6.07, 6.45) is 7.00. The molecule has 1 saturated carbocycles. The van der Waals surface area contributed by atoms with Crippen molar-refractivity contribution in [3.8, 4) is 0 Å². The largest absolute Gasteiger partial charge is 0.410 e. The quantitative estimate of drug-likeness (QED) is 0.341. The lowest BCUT2D eigenvalue weighted by atomic mass is 9.83. The second kappa shape index (κ2) is 6.90. The summed E-state index contributed by atoms with van der Waals surface area (Å²) in [5.74, 6) is 0.688. The highest BCUT2D eigenvalue weighted by Gasteiger charge is 2.41. The molecule has 1 unspecified atom stereocenters. The molecule has 0 spiro atoms. The lowest BCUT2D eigenvalue weighted by molar-refractivity contribution is 0.123. The minimum atomic E-state index is -1.71. The molecule has 1 aliphatic rings. The van der Waals surface area contributed by atoms with Crippen LogP contribution in [0.4, 0.5) is 0 Å². The van der Waals surface area contributed by atoms with Crippen molar-refractivity contribution in [3.05, 3.63) is 12.2 Å². The topological polar surface area (TPSA) is 9.23 Å². The van der Waals surface area contributed by atoms with Gasteiger partial charge in [0.05, 0.1) is 6.10 Å². The van der Waals surface area contributed by atoms with Gasteiger partial charge in [0.2, 0.25) is 0 Å². The molecule has 0 N–H and O–H groups in total. The summed E-state index contributed by atoms with van der Waals surface area (Å²) in [4.78, 5) is 0. The van der Waals surface area contributed by atoms with E-state index in [0.717, 1.165) is 5.33 Å². The Morgan fingerprint density at radius 2 is 1.79 bits per heavy atom. The zero-order valence-corrected chi connectivity index (χ0v) is 16.0. The van der Waals surface area contributed by atoms with E-state index >= 15 is 0 Å². The zero-order valence-electron chi connectivity index (χ0n) is 13.4. The molecule has 1 aliphatic carbocycles. The van der Waals surface area contributed by atoms with E-state index in [4.69, 9.17) is 4.43 Å². The molecule has 0 amide bonds. The first-order chi connectivity index (χ1) is 8.69. The third-order valence-electron chi connectivity index (χ3n) is 4.88. The fourth-order valence-corrected chi connectivity index (χ4v) is 4.19. The minimum Gasteiger partial charge on any atom is -0.410 e. The monoisotopic (exact) mass is 346 g/mol.